The highest BCUT2D eigenvalue weighted by molar-refractivity contribution is 5.30. The molecule has 102 valence electrons. The van der Waals surface area contributed by atoms with Gasteiger partial charge < -0.3 is 5.32 Å². The Labute approximate surface area is 115 Å². The van der Waals surface area contributed by atoms with Crippen LogP contribution in [-0.4, -0.2) is 16.7 Å². The van der Waals surface area contributed by atoms with Gasteiger partial charge >= 0.3 is 0 Å². The van der Waals surface area contributed by atoms with Crippen molar-refractivity contribution in [3.63, 3.8) is 0 Å². The summed E-state index contributed by atoms with van der Waals surface area (Å²) in [4.78, 5) is 0. The molecule has 0 aliphatic carbocycles. The molecule has 3 nitrogen and oxygen atoms in total. The molecule has 2 N–H and O–H groups in total. The monoisotopic (exact) mass is 257 g/mol. The van der Waals surface area contributed by atoms with E-state index in [2.05, 4.69) is 54.5 Å². The number of nitrogens with one attached hydrogen (secondary N) is 2. The van der Waals surface area contributed by atoms with E-state index in [0.717, 1.165) is 25.9 Å². The minimum Gasteiger partial charge on any atom is -0.313 e. The van der Waals surface area contributed by atoms with E-state index in [4.69, 9.17) is 0 Å². The molecule has 2 aromatic rings. The number of rotatable bonds is 6. The molecule has 1 aromatic heterocycles. The molecule has 0 fully saturated rings. The maximum absolute atomic E-state index is 4.04. The van der Waals surface area contributed by atoms with Gasteiger partial charge in [0.05, 0.1) is 6.20 Å². The molecule has 0 spiro atoms. The first kappa shape index (κ1) is 13.8. The molecule has 0 aliphatic heterocycles. The van der Waals surface area contributed by atoms with E-state index < -0.39 is 0 Å². The highest BCUT2D eigenvalue weighted by Gasteiger charge is 2.01. The van der Waals surface area contributed by atoms with Gasteiger partial charge in [0.15, 0.2) is 0 Å². The Balaban J connectivity index is 1.71. The van der Waals surface area contributed by atoms with Gasteiger partial charge in [-0.1, -0.05) is 23.8 Å². The highest BCUT2D eigenvalue weighted by atomic mass is 15.1. The molecule has 1 aromatic carbocycles. The average Bonchev–Trinajstić information content (AvgIpc) is 2.77. The largest absolute Gasteiger partial charge is 0.313 e. The lowest BCUT2D eigenvalue weighted by Gasteiger charge is -2.08. The standard InChI is InChI=1S/C16H23N3/c1-12-6-7-15(13(2)9-12)10-17-8-4-5-16-11-18-19-14(16)3/h6-7,9,11,17H,4-5,8,10H2,1-3H3,(H,18,19). The number of aromatic nitrogens is 2. The predicted octanol–water partition coefficient (Wildman–Crippen LogP) is 3.06. The number of nitrogens with zero attached hydrogens (tertiary/aromatic N) is 1. The molecule has 0 bridgehead atoms. The van der Waals surface area contributed by atoms with Gasteiger partial charge in [0.2, 0.25) is 0 Å². The third-order valence-corrected chi connectivity index (χ3v) is 3.55. The van der Waals surface area contributed by atoms with Crippen molar-refractivity contribution in [2.45, 2.75) is 40.2 Å². The topological polar surface area (TPSA) is 40.7 Å². The van der Waals surface area contributed by atoms with Crippen LogP contribution in [0.4, 0.5) is 0 Å². The first-order valence-electron chi connectivity index (χ1n) is 6.92. The number of aryl methyl sites for hydroxylation is 4. The van der Waals surface area contributed by atoms with Crippen LogP contribution in [0, 0.1) is 20.8 Å². The summed E-state index contributed by atoms with van der Waals surface area (Å²) in [6.07, 6.45) is 4.16. The van der Waals surface area contributed by atoms with E-state index in [1.807, 2.05) is 6.20 Å². The molecule has 0 amide bonds. The fraction of sp³-hybridized carbons (Fsp3) is 0.438. The van der Waals surface area contributed by atoms with Crippen molar-refractivity contribution in [2.24, 2.45) is 0 Å². The molecule has 2 rings (SSSR count). The molecular weight excluding hydrogens is 234 g/mol. The second kappa shape index (κ2) is 6.53. The smallest absolute Gasteiger partial charge is 0.0522 e. The minimum atomic E-state index is 0.955. The van der Waals surface area contributed by atoms with E-state index in [1.165, 1.54) is 27.9 Å². The number of benzene rings is 1. The van der Waals surface area contributed by atoms with Crippen molar-refractivity contribution < 1.29 is 0 Å². The predicted molar refractivity (Wildman–Crippen MR) is 79.3 cm³/mol. The number of hydrogen-bond donors (Lipinski definition) is 2. The van der Waals surface area contributed by atoms with Crippen molar-refractivity contribution in [1.29, 1.82) is 0 Å². The molecule has 0 saturated heterocycles. The van der Waals surface area contributed by atoms with Crippen molar-refractivity contribution in [3.8, 4) is 0 Å². The van der Waals surface area contributed by atoms with Crippen molar-refractivity contribution in [2.75, 3.05) is 6.54 Å². The van der Waals surface area contributed by atoms with Gasteiger partial charge in [-0.25, -0.2) is 0 Å². The van der Waals surface area contributed by atoms with Crippen LogP contribution in [0.1, 0.15) is 34.4 Å². The van der Waals surface area contributed by atoms with Crippen LogP contribution in [0.15, 0.2) is 24.4 Å². The average molecular weight is 257 g/mol. The molecule has 0 atom stereocenters. The molecular formula is C16H23N3. The first-order chi connectivity index (χ1) is 9.16. The highest BCUT2D eigenvalue weighted by Crippen LogP contribution is 2.10. The number of aromatic amines is 1. The Bertz CT molecular complexity index is 529. The van der Waals surface area contributed by atoms with Crippen LogP contribution in [0.5, 0.6) is 0 Å². The second-order valence-electron chi connectivity index (χ2n) is 5.23. The van der Waals surface area contributed by atoms with E-state index >= 15 is 0 Å². The summed E-state index contributed by atoms with van der Waals surface area (Å²) in [5.41, 5.74) is 6.61. The van der Waals surface area contributed by atoms with E-state index in [9.17, 15) is 0 Å². The second-order valence-corrected chi connectivity index (χ2v) is 5.23. The lowest BCUT2D eigenvalue weighted by molar-refractivity contribution is 0.647. The van der Waals surface area contributed by atoms with Gasteiger partial charge in [0.1, 0.15) is 0 Å². The fourth-order valence-corrected chi connectivity index (χ4v) is 2.30. The van der Waals surface area contributed by atoms with Gasteiger partial charge in [0, 0.05) is 12.2 Å². The van der Waals surface area contributed by atoms with Crippen LogP contribution in [0.25, 0.3) is 0 Å². The summed E-state index contributed by atoms with van der Waals surface area (Å²) in [5.74, 6) is 0. The maximum Gasteiger partial charge on any atom is 0.0522 e. The summed E-state index contributed by atoms with van der Waals surface area (Å²) in [5, 5.41) is 10.5. The molecule has 19 heavy (non-hydrogen) atoms. The SMILES string of the molecule is Cc1ccc(CNCCCc2cn[nH]c2C)c(C)c1. The zero-order valence-corrected chi connectivity index (χ0v) is 12.1. The maximum atomic E-state index is 4.04. The van der Waals surface area contributed by atoms with E-state index in [1.54, 1.807) is 0 Å². The third-order valence-electron chi connectivity index (χ3n) is 3.55. The minimum absolute atomic E-state index is 0.955. The van der Waals surface area contributed by atoms with Crippen molar-refractivity contribution >= 4 is 0 Å². The molecule has 3 heteroatoms. The molecule has 0 saturated carbocycles. The summed E-state index contributed by atoms with van der Waals surface area (Å²) in [6, 6.07) is 6.64. The Hall–Kier alpha value is -1.61. The van der Waals surface area contributed by atoms with Gasteiger partial charge in [-0.15, -0.1) is 0 Å². The van der Waals surface area contributed by atoms with Gasteiger partial charge in [-0.2, -0.15) is 5.10 Å². The zero-order valence-electron chi connectivity index (χ0n) is 12.1. The summed E-state index contributed by atoms with van der Waals surface area (Å²) < 4.78 is 0. The summed E-state index contributed by atoms with van der Waals surface area (Å²) >= 11 is 0. The molecule has 1 heterocycles. The van der Waals surface area contributed by atoms with Crippen LogP contribution >= 0.6 is 0 Å². The Morgan fingerprint density at radius 3 is 2.68 bits per heavy atom. The van der Waals surface area contributed by atoms with E-state index in [0.29, 0.717) is 0 Å². The summed E-state index contributed by atoms with van der Waals surface area (Å²) in [6.45, 7) is 8.39. The van der Waals surface area contributed by atoms with Gasteiger partial charge in [-0.3, -0.25) is 5.10 Å². The lowest BCUT2D eigenvalue weighted by atomic mass is 10.1. The van der Waals surface area contributed by atoms with E-state index in [-0.39, 0.29) is 0 Å². The van der Waals surface area contributed by atoms with Crippen molar-refractivity contribution in [1.82, 2.24) is 15.5 Å². The normalized spacial score (nSPS) is 10.9. The van der Waals surface area contributed by atoms with Crippen LogP contribution in [0.2, 0.25) is 0 Å². The lowest BCUT2D eigenvalue weighted by Crippen LogP contribution is -2.16. The number of H-pyrrole nitrogens is 1. The Morgan fingerprint density at radius 1 is 1.16 bits per heavy atom. The Kier molecular flexibility index (Phi) is 4.74. The third kappa shape index (κ3) is 3.93. The first-order valence-corrected chi connectivity index (χ1v) is 6.92. The zero-order chi connectivity index (χ0) is 13.7. The number of hydrogen-bond acceptors (Lipinski definition) is 2. The van der Waals surface area contributed by atoms with Crippen molar-refractivity contribution in [3.05, 3.63) is 52.3 Å². The Morgan fingerprint density at radius 2 is 2.00 bits per heavy atom. The molecule has 0 radical (unpaired) electrons. The van der Waals surface area contributed by atoms with Gasteiger partial charge in [-0.05, 0) is 56.8 Å². The van der Waals surface area contributed by atoms with Crippen LogP contribution < -0.4 is 5.32 Å². The fourth-order valence-electron chi connectivity index (χ4n) is 2.30. The van der Waals surface area contributed by atoms with Gasteiger partial charge in [0.25, 0.3) is 0 Å². The molecule has 0 unspecified atom stereocenters. The van der Waals surface area contributed by atoms with Crippen LogP contribution in [0.3, 0.4) is 0 Å². The molecule has 0 aliphatic rings. The van der Waals surface area contributed by atoms with Crippen LogP contribution in [-0.2, 0) is 13.0 Å². The quantitative estimate of drug-likeness (QED) is 0.781. The summed E-state index contributed by atoms with van der Waals surface area (Å²) in [7, 11) is 0.